The van der Waals surface area contributed by atoms with E-state index in [1.807, 2.05) is 0 Å². The molecule has 15 heavy (non-hydrogen) atoms. The summed E-state index contributed by atoms with van der Waals surface area (Å²) >= 11 is 0. The van der Waals surface area contributed by atoms with E-state index in [2.05, 4.69) is 0 Å². The van der Waals surface area contributed by atoms with Crippen LogP contribution in [0.2, 0.25) is 0 Å². The first-order valence-corrected chi connectivity index (χ1v) is 4.45. The Balaban J connectivity index is 3.99. The number of nitrogens with one attached hydrogen (secondary N) is 1. The van der Waals surface area contributed by atoms with E-state index < -0.39 is 18.1 Å². The Kier molecular flexibility index (Phi) is 5.92. The van der Waals surface area contributed by atoms with Crippen molar-refractivity contribution in [2.75, 3.05) is 6.54 Å². The second-order valence-corrected chi connectivity index (χ2v) is 3.00. The molecule has 0 unspecified atom stereocenters. The van der Waals surface area contributed by atoms with Crippen molar-refractivity contribution in [3.63, 3.8) is 0 Å². The van der Waals surface area contributed by atoms with Crippen molar-refractivity contribution in [1.29, 1.82) is 0 Å². The SMILES string of the molecule is NCCCC[C@H](C=O)NC(=O)C(F)(F)F. The molecule has 0 aliphatic heterocycles. The molecule has 0 fully saturated rings. The number of amides is 1. The van der Waals surface area contributed by atoms with Crippen LogP contribution in [0.4, 0.5) is 13.2 Å². The van der Waals surface area contributed by atoms with E-state index in [-0.39, 0.29) is 6.42 Å². The molecule has 0 saturated carbocycles. The molecule has 0 aromatic rings. The molecular formula is C8H13F3N2O2. The number of hydrogen-bond acceptors (Lipinski definition) is 3. The molecule has 0 aliphatic rings. The van der Waals surface area contributed by atoms with Gasteiger partial charge in [-0.1, -0.05) is 0 Å². The molecule has 1 atom stereocenters. The molecule has 0 bridgehead atoms. The minimum atomic E-state index is -4.95. The van der Waals surface area contributed by atoms with E-state index in [0.717, 1.165) is 0 Å². The minimum absolute atomic E-state index is 0.169. The van der Waals surface area contributed by atoms with Crippen LogP contribution < -0.4 is 11.1 Å². The Hall–Kier alpha value is -1.11. The third-order valence-electron chi connectivity index (χ3n) is 1.71. The molecule has 0 spiro atoms. The number of carbonyl (C=O) groups excluding carboxylic acids is 2. The largest absolute Gasteiger partial charge is 0.471 e. The molecule has 0 aromatic heterocycles. The third kappa shape index (κ3) is 6.05. The van der Waals surface area contributed by atoms with Gasteiger partial charge in [-0.25, -0.2) is 0 Å². The summed E-state index contributed by atoms with van der Waals surface area (Å²) in [6.45, 7) is 0.402. The van der Waals surface area contributed by atoms with Crippen molar-refractivity contribution in [2.24, 2.45) is 5.73 Å². The molecule has 0 heterocycles. The average Bonchev–Trinajstić information content (AvgIpc) is 2.14. The highest BCUT2D eigenvalue weighted by atomic mass is 19.4. The number of halogens is 3. The van der Waals surface area contributed by atoms with Crippen molar-refractivity contribution >= 4 is 12.2 Å². The van der Waals surface area contributed by atoms with Gasteiger partial charge in [-0.15, -0.1) is 0 Å². The van der Waals surface area contributed by atoms with Crippen LogP contribution >= 0.6 is 0 Å². The summed E-state index contributed by atoms with van der Waals surface area (Å²) in [6, 6.07) is -1.09. The second-order valence-electron chi connectivity index (χ2n) is 3.00. The van der Waals surface area contributed by atoms with Crippen molar-refractivity contribution in [2.45, 2.75) is 31.5 Å². The summed E-state index contributed by atoms with van der Waals surface area (Å²) in [4.78, 5) is 20.8. The quantitative estimate of drug-likeness (QED) is 0.507. The molecule has 0 rings (SSSR count). The molecule has 3 N–H and O–H groups in total. The highest BCUT2D eigenvalue weighted by Gasteiger charge is 2.39. The predicted octanol–water partition coefficient (Wildman–Crippen LogP) is 0.361. The number of rotatable bonds is 6. The second kappa shape index (κ2) is 6.39. The van der Waals surface area contributed by atoms with E-state index in [1.54, 1.807) is 5.32 Å². The Morgan fingerprint density at radius 2 is 2.00 bits per heavy atom. The fourth-order valence-corrected chi connectivity index (χ4v) is 0.933. The molecule has 0 radical (unpaired) electrons. The fraction of sp³-hybridized carbons (Fsp3) is 0.750. The summed E-state index contributed by atoms with van der Waals surface area (Å²) in [5, 5.41) is 1.59. The monoisotopic (exact) mass is 226 g/mol. The molecule has 4 nitrogen and oxygen atoms in total. The number of nitrogens with two attached hydrogens (primary N) is 1. The zero-order chi connectivity index (χ0) is 11.9. The van der Waals surface area contributed by atoms with E-state index in [0.29, 0.717) is 25.7 Å². The van der Waals surface area contributed by atoms with Gasteiger partial charge in [-0.2, -0.15) is 13.2 Å². The highest BCUT2D eigenvalue weighted by molar-refractivity contribution is 5.84. The van der Waals surface area contributed by atoms with Gasteiger partial charge < -0.3 is 15.8 Å². The Morgan fingerprint density at radius 1 is 1.40 bits per heavy atom. The first-order chi connectivity index (χ1) is 6.91. The topological polar surface area (TPSA) is 72.2 Å². The van der Waals surface area contributed by atoms with Crippen molar-refractivity contribution < 1.29 is 22.8 Å². The van der Waals surface area contributed by atoms with Crippen LogP contribution in [0.3, 0.4) is 0 Å². The number of aldehydes is 1. The van der Waals surface area contributed by atoms with Gasteiger partial charge in [-0.05, 0) is 25.8 Å². The lowest BCUT2D eigenvalue weighted by Gasteiger charge is -2.13. The third-order valence-corrected chi connectivity index (χ3v) is 1.71. The normalized spacial score (nSPS) is 13.3. The smallest absolute Gasteiger partial charge is 0.339 e. The zero-order valence-electron chi connectivity index (χ0n) is 8.01. The lowest BCUT2D eigenvalue weighted by atomic mass is 10.1. The Morgan fingerprint density at radius 3 is 2.40 bits per heavy atom. The molecule has 1 amide bonds. The standard InChI is InChI=1S/C8H13F3N2O2/c9-8(10,11)7(15)13-6(5-14)3-1-2-4-12/h5-6H,1-4,12H2,(H,13,15)/t6-/m1/s1. The van der Waals surface area contributed by atoms with Gasteiger partial charge >= 0.3 is 12.1 Å². The summed E-state index contributed by atoms with van der Waals surface area (Å²) in [7, 11) is 0. The maximum atomic E-state index is 11.8. The van der Waals surface area contributed by atoms with Crippen LogP contribution in [0.15, 0.2) is 0 Å². The van der Waals surface area contributed by atoms with Crippen LogP contribution in [0, 0.1) is 0 Å². The number of carbonyl (C=O) groups is 2. The van der Waals surface area contributed by atoms with Gasteiger partial charge in [0.15, 0.2) is 0 Å². The van der Waals surface area contributed by atoms with Gasteiger partial charge in [0.2, 0.25) is 0 Å². The summed E-state index contributed by atoms with van der Waals surface area (Å²) < 4.78 is 35.4. The van der Waals surface area contributed by atoms with E-state index in [9.17, 15) is 22.8 Å². The molecule has 88 valence electrons. The first kappa shape index (κ1) is 13.9. The minimum Gasteiger partial charge on any atom is -0.339 e. The fourth-order valence-electron chi connectivity index (χ4n) is 0.933. The van der Waals surface area contributed by atoms with Crippen LogP contribution in [-0.2, 0) is 9.59 Å². The molecule has 0 saturated heterocycles. The van der Waals surface area contributed by atoms with Crippen LogP contribution in [0.5, 0.6) is 0 Å². The van der Waals surface area contributed by atoms with Crippen molar-refractivity contribution in [3.05, 3.63) is 0 Å². The van der Waals surface area contributed by atoms with E-state index >= 15 is 0 Å². The van der Waals surface area contributed by atoms with Gasteiger partial charge in [-0.3, -0.25) is 4.79 Å². The predicted molar refractivity (Wildman–Crippen MR) is 47.0 cm³/mol. The van der Waals surface area contributed by atoms with Crippen molar-refractivity contribution in [3.8, 4) is 0 Å². The number of hydrogen-bond donors (Lipinski definition) is 2. The van der Waals surface area contributed by atoms with Gasteiger partial charge in [0.05, 0.1) is 6.04 Å². The van der Waals surface area contributed by atoms with E-state index in [4.69, 9.17) is 5.73 Å². The van der Waals surface area contributed by atoms with Crippen molar-refractivity contribution in [1.82, 2.24) is 5.32 Å². The van der Waals surface area contributed by atoms with Gasteiger partial charge in [0.1, 0.15) is 6.29 Å². The summed E-state index contributed by atoms with van der Waals surface area (Å²) in [6.07, 6.45) is -3.39. The lowest BCUT2D eigenvalue weighted by molar-refractivity contribution is -0.174. The van der Waals surface area contributed by atoms with Crippen LogP contribution in [-0.4, -0.2) is 31.0 Å². The molecular weight excluding hydrogens is 213 g/mol. The van der Waals surface area contributed by atoms with Crippen LogP contribution in [0.1, 0.15) is 19.3 Å². The molecule has 0 aromatic carbocycles. The number of unbranched alkanes of at least 4 members (excludes halogenated alkanes) is 1. The lowest BCUT2D eigenvalue weighted by Crippen LogP contribution is -2.43. The summed E-state index contributed by atoms with van der Waals surface area (Å²) in [5.74, 6) is -2.09. The number of alkyl halides is 3. The first-order valence-electron chi connectivity index (χ1n) is 4.45. The maximum absolute atomic E-state index is 11.8. The zero-order valence-corrected chi connectivity index (χ0v) is 8.01. The van der Waals surface area contributed by atoms with Gasteiger partial charge in [0, 0.05) is 0 Å². The Bertz CT molecular complexity index is 218. The molecule has 0 aliphatic carbocycles. The Labute approximate surface area is 85.0 Å². The maximum Gasteiger partial charge on any atom is 0.471 e. The van der Waals surface area contributed by atoms with E-state index in [1.165, 1.54) is 0 Å². The van der Waals surface area contributed by atoms with Crippen LogP contribution in [0.25, 0.3) is 0 Å². The summed E-state index contributed by atoms with van der Waals surface area (Å²) in [5.41, 5.74) is 5.17. The highest BCUT2D eigenvalue weighted by Crippen LogP contribution is 2.14. The molecule has 7 heteroatoms. The average molecular weight is 226 g/mol. The van der Waals surface area contributed by atoms with Gasteiger partial charge in [0.25, 0.3) is 0 Å².